The average Bonchev–Trinajstić information content (AvgIpc) is 2.69. The molecule has 0 fully saturated rings. The summed E-state index contributed by atoms with van der Waals surface area (Å²) >= 11 is 6.15. The molecule has 0 saturated carbocycles. The summed E-state index contributed by atoms with van der Waals surface area (Å²) in [6, 6.07) is 18.5. The number of carbonyl (C=O) groups excluding carboxylic acids is 2. The average molecular weight is 397 g/mol. The Morgan fingerprint density at radius 1 is 0.929 bits per heavy atom. The number of hydrogen-bond donors (Lipinski definition) is 2. The second-order valence-electron chi connectivity index (χ2n) is 6.34. The zero-order valence-corrected chi connectivity index (χ0v) is 16.3. The third-order valence-electron chi connectivity index (χ3n) is 4.09. The Morgan fingerprint density at radius 2 is 1.71 bits per heavy atom. The van der Waals surface area contributed by atoms with Crippen LogP contribution < -0.4 is 15.4 Å². The molecule has 2 N–H and O–H groups in total. The third kappa shape index (κ3) is 5.24. The molecule has 5 nitrogen and oxygen atoms in total. The van der Waals surface area contributed by atoms with Crippen molar-refractivity contribution in [3.63, 3.8) is 0 Å². The van der Waals surface area contributed by atoms with Gasteiger partial charge in [0.05, 0.1) is 10.7 Å². The first-order valence-electron chi connectivity index (χ1n) is 9.06. The van der Waals surface area contributed by atoms with Gasteiger partial charge >= 0.3 is 0 Å². The van der Waals surface area contributed by atoms with E-state index in [1.165, 1.54) is 0 Å². The zero-order chi connectivity index (χ0) is 19.9. The van der Waals surface area contributed by atoms with Crippen molar-refractivity contribution >= 4 is 45.6 Å². The van der Waals surface area contributed by atoms with Crippen molar-refractivity contribution in [2.45, 2.75) is 19.8 Å². The van der Waals surface area contributed by atoms with Gasteiger partial charge in [-0.05, 0) is 47.5 Å². The molecule has 0 aliphatic carbocycles. The fraction of sp³-hybridized carbons (Fsp3) is 0.182. The first kappa shape index (κ1) is 19.7. The van der Waals surface area contributed by atoms with E-state index in [9.17, 15) is 9.59 Å². The highest BCUT2D eigenvalue weighted by Crippen LogP contribution is 2.26. The molecule has 0 aromatic heterocycles. The van der Waals surface area contributed by atoms with Crippen LogP contribution >= 0.6 is 11.6 Å². The number of nitrogens with one attached hydrogen (secondary N) is 2. The second kappa shape index (κ2) is 9.24. The molecule has 0 aliphatic rings. The van der Waals surface area contributed by atoms with Crippen molar-refractivity contribution in [1.82, 2.24) is 0 Å². The normalized spacial score (nSPS) is 10.5. The van der Waals surface area contributed by atoms with Gasteiger partial charge in [0.1, 0.15) is 5.75 Å². The highest BCUT2D eigenvalue weighted by Gasteiger charge is 2.09. The van der Waals surface area contributed by atoms with Crippen LogP contribution in [-0.2, 0) is 9.59 Å². The number of halogens is 1. The van der Waals surface area contributed by atoms with Crippen molar-refractivity contribution in [3.8, 4) is 5.75 Å². The van der Waals surface area contributed by atoms with Gasteiger partial charge in [-0.2, -0.15) is 0 Å². The fourth-order valence-electron chi connectivity index (χ4n) is 2.74. The van der Waals surface area contributed by atoms with Gasteiger partial charge in [0.15, 0.2) is 6.61 Å². The number of benzene rings is 3. The Morgan fingerprint density at radius 3 is 2.50 bits per heavy atom. The number of ether oxygens (including phenoxy) is 1. The summed E-state index contributed by atoms with van der Waals surface area (Å²) in [5.74, 6) is 0.189. The van der Waals surface area contributed by atoms with Gasteiger partial charge in [-0.25, -0.2) is 0 Å². The lowest BCUT2D eigenvalue weighted by Crippen LogP contribution is -2.20. The number of amides is 2. The topological polar surface area (TPSA) is 67.4 Å². The molecule has 0 heterocycles. The molecule has 0 radical (unpaired) electrons. The highest BCUT2D eigenvalue weighted by molar-refractivity contribution is 6.33. The SMILES string of the molecule is CCCC(=O)Nc1ccc(Cl)c(NC(=O)COc2ccc3ccccc3c2)c1. The monoisotopic (exact) mass is 396 g/mol. The molecule has 0 bridgehead atoms. The van der Waals surface area contributed by atoms with Crippen LogP contribution in [0.4, 0.5) is 11.4 Å². The first-order valence-corrected chi connectivity index (χ1v) is 9.44. The number of hydrogen-bond acceptors (Lipinski definition) is 3. The third-order valence-corrected chi connectivity index (χ3v) is 4.42. The number of rotatable bonds is 7. The van der Waals surface area contributed by atoms with Gasteiger partial charge in [0, 0.05) is 12.1 Å². The molecule has 0 spiro atoms. The smallest absolute Gasteiger partial charge is 0.262 e. The molecule has 0 aliphatic heterocycles. The number of anilines is 2. The lowest BCUT2D eigenvalue weighted by molar-refractivity contribution is -0.118. The summed E-state index contributed by atoms with van der Waals surface area (Å²) < 4.78 is 5.59. The quantitative estimate of drug-likeness (QED) is 0.573. The number of carbonyl (C=O) groups is 2. The lowest BCUT2D eigenvalue weighted by Gasteiger charge is -2.11. The van der Waals surface area contributed by atoms with Crippen LogP contribution in [0.25, 0.3) is 10.8 Å². The molecule has 0 saturated heterocycles. The molecule has 0 atom stereocenters. The van der Waals surface area contributed by atoms with Crippen LogP contribution in [0.2, 0.25) is 5.02 Å². The molecule has 3 aromatic rings. The zero-order valence-electron chi connectivity index (χ0n) is 15.5. The molecular formula is C22H21ClN2O3. The molecule has 28 heavy (non-hydrogen) atoms. The summed E-state index contributed by atoms with van der Waals surface area (Å²) in [6.45, 7) is 1.78. The molecular weight excluding hydrogens is 376 g/mol. The van der Waals surface area contributed by atoms with E-state index in [4.69, 9.17) is 16.3 Å². The van der Waals surface area contributed by atoms with Gasteiger partial charge in [0.25, 0.3) is 5.91 Å². The Bertz CT molecular complexity index is 1000. The number of fused-ring (bicyclic) bond motifs is 1. The van der Waals surface area contributed by atoms with E-state index in [0.717, 1.165) is 17.2 Å². The minimum Gasteiger partial charge on any atom is -0.484 e. The summed E-state index contributed by atoms with van der Waals surface area (Å²) in [7, 11) is 0. The Balaban J connectivity index is 1.61. The molecule has 6 heteroatoms. The maximum absolute atomic E-state index is 12.3. The summed E-state index contributed by atoms with van der Waals surface area (Å²) in [4.78, 5) is 24.0. The Labute approximate surface area is 168 Å². The van der Waals surface area contributed by atoms with Gasteiger partial charge in [-0.3, -0.25) is 9.59 Å². The van der Waals surface area contributed by atoms with E-state index in [-0.39, 0.29) is 18.4 Å². The molecule has 144 valence electrons. The Kier molecular flexibility index (Phi) is 6.50. The van der Waals surface area contributed by atoms with E-state index >= 15 is 0 Å². The highest BCUT2D eigenvalue weighted by atomic mass is 35.5. The lowest BCUT2D eigenvalue weighted by atomic mass is 10.1. The van der Waals surface area contributed by atoms with Crippen LogP contribution in [-0.4, -0.2) is 18.4 Å². The van der Waals surface area contributed by atoms with Crippen LogP contribution in [0.3, 0.4) is 0 Å². The molecule has 2 amide bonds. The Hall–Kier alpha value is -3.05. The minimum atomic E-state index is -0.341. The standard InChI is InChI=1S/C22H21ClN2O3/c1-2-5-21(26)24-17-9-11-19(23)20(13-17)25-22(27)14-28-18-10-8-15-6-3-4-7-16(15)12-18/h3-4,6-13H,2,5,14H2,1H3,(H,24,26)(H,25,27). The van der Waals surface area contributed by atoms with Crippen LogP contribution in [0, 0.1) is 0 Å². The van der Waals surface area contributed by atoms with E-state index in [2.05, 4.69) is 10.6 Å². The predicted octanol–water partition coefficient (Wildman–Crippen LogP) is 5.25. The first-order chi connectivity index (χ1) is 13.5. The van der Waals surface area contributed by atoms with E-state index in [0.29, 0.717) is 28.6 Å². The predicted molar refractivity (Wildman–Crippen MR) is 113 cm³/mol. The van der Waals surface area contributed by atoms with Crippen molar-refractivity contribution in [2.24, 2.45) is 0 Å². The summed E-state index contributed by atoms with van der Waals surface area (Å²) in [6.07, 6.45) is 1.19. The summed E-state index contributed by atoms with van der Waals surface area (Å²) in [5, 5.41) is 8.02. The maximum atomic E-state index is 12.3. The van der Waals surface area contributed by atoms with E-state index < -0.39 is 0 Å². The van der Waals surface area contributed by atoms with Crippen LogP contribution in [0.15, 0.2) is 60.7 Å². The van der Waals surface area contributed by atoms with Gasteiger partial charge < -0.3 is 15.4 Å². The molecule has 3 aromatic carbocycles. The fourth-order valence-corrected chi connectivity index (χ4v) is 2.91. The molecule has 3 rings (SSSR count). The summed E-state index contributed by atoms with van der Waals surface area (Å²) in [5.41, 5.74) is 0.997. The van der Waals surface area contributed by atoms with Gasteiger partial charge in [-0.1, -0.05) is 48.9 Å². The van der Waals surface area contributed by atoms with E-state index in [1.807, 2.05) is 49.4 Å². The van der Waals surface area contributed by atoms with Crippen molar-refractivity contribution < 1.29 is 14.3 Å². The van der Waals surface area contributed by atoms with Gasteiger partial charge in [-0.15, -0.1) is 0 Å². The van der Waals surface area contributed by atoms with Crippen molar-refractivity contribution in [3.05, 3.63) is 65.7 Å². The largest absolute Gasteiger partial charge is 0.484 e. The minimum absolute atomic E-state index is 0.0817. The van der Waals surface area contributed by atoms with Crippen molar-refractivity contribution in [1.29, 1.82) is 0 Å². The van der Waals surface area contributed by atoms with Crippen molar-refractivity contribution in [2.75, 3.05) is 17.2 Å². The second-order valence-corrected chi connectivity index (χ2v) is 6.75. The van der Waals surface area contributed by atoms with Gasteiger partial charge in [0.2, 0.25) is 5.91 Å². The molecule has 0 unspecified atom stereocenters. The van der Waals surface area contributed by atoms with E-state index in [1.54, 1.807) is 18.2 Å². The van der Waals surface area contributed by atoms with Crippen LogP contribution in [0.1, 0.15) is 19.8 Å². The van der Waals surface area contributed by atoms with Crippen LogP contribution in [0.5, 0.6) is 5.75 Å². The maximum Gasteiger partial charge on any atom is 0.262 e.